The quantitative estimate of drug-likeness (QED) is 0.281. The van der Waals surface area contributed by atoms with Crippen molar-refractivity contribution in [3.63, 3.8) is 0 Å². The Kier molecular flexibility index (Phi) is 5.66. The lowest BCUT2D eigenvalue weighted by Gasteiger charge is -2.03. The van der Waals surface area contributed by atoms with Crippen LogP contribution in [0.2, 0.25) is 5.02 Å². The molecule has 0 aliphatic rings. The zero-order valence-electron chi connectivity index (χ0n) is 14.8. The smallest absolute Gasteiger partial charge is 0.263 e. The molecular weight excluding hydrogens is 476 g/mol. The number of hydrogen-bond acceptors (Lipinski definition) is 4. The third-order valence-corrected chi connectivity index (χ3v) is 6.39. The Morgan fingerprint density at radius 2 is 2.03 bits per heavy atom. The van der Waals surface area contributed by atoms with Crippen LogP contribution in [0.25, 0.3) is 21.0 Å². The van der Waals surface area contributed by atoms with Crippen molar-refractivity contribution in [1.29, 1.82) is 0 Å². The number of hydrogen-bond donors (Lipinski definition) is 3. The summed E-state index contributed by atoms with van der Waals surface area (Å²) in [6.07, 6.45) is 3.35. The fourth-order valence-electron chi connectivity index (χ4n) is 2.84. The lowest BCUT2D eigenvalue weighted by Crippen LogP contribution is -2.34. The van der Waals surface area contributed by atoms with Gasteiger partial charge >= 0.3 is 0 Å². The molecule has 0 spiro atoms. The zero-order valence-corrected chi connectivity index (χ0v) is 18.0. The number of carbonyl (C=O) groups is 2. The van der Waals surface area contributed by atoms with Gasteiger partial charge in [0.25, 0.3) is 11.8 Å². The highest BCUT2D eigenvalue weighted by molar-refractivity contribution is 9.10. The molecule has 0 aliphatic carbocycles. The number of halogens is 2. The van der Waals surface area contributed by atoms with Crippen molar-refractivity contribution >= 4 is 77.9 Å². The van der Waals surface area contributed by atoms with Gasteiger partial charge in [0.2, 0.25) is 0 Å². The van der Waals surface area contributed by atoms with E-state index in [1.807, 2.05) is 42.5 Å². The Morgan fingerprint density at radius 3 is 2.86 bits per heavy atom. The van der Waals surface area contributed by atoms with E-state index in [1.54, 1.807) is 12.4 Å². The number of aromatic nitrogens is 1. The topological polar surface area (TPSA) is 86.3 Å². The van der Waals surface area contributed by atoms with E-state index in [9.17, 15) is 9.59 Å². The summed E-state index contributed by atoms with van der Waals surface area (Å²) in [6, 6.07) is 13.3. The van der Waals surface area contributed by atoms with Crippen LogP contribution in [-0.2, 0) is 4.79 Å². The maximum atomic E-state index is 12.4. The van der Waals surface area contributed by atoms with E-state index in [0.717, 1.165) is 31.0 Å². The normalized spacial score (nSPS) is 11.4. The summed E-state index contributed by atoms with van der Waals surface area (Å²) in [5.74, 6) is -0.829. The number of benzene rings is 2. The van der Waals surface area contributed by atoms with Crippen molar-refractivity contribution in [3.05, 3.63) is 68.6 Å². The number of amides is 2. The number of rotatable bonds is 5. The molecule has 0 saturated heterocycles. The molecule has 0 fully saturated rings. The van der Waals surface area contributed by atoms with Crippen molar-refractivity contribution in [2.75, 3.05) is 6.54 Å². The van der Waals surface area contributed by atoms with Gasteiger partial charge < -0.3 is 10.3 Å². The first kappa shape index (κ1) is 19.6. The standard InChI is InChI=1S/C20H14BrClN4O2S/c21-12-5-6-15-14(7-12)11(8-23-15)9-25-26-17(27)10-24-20(28)19-18(22)13-3-1-2-4-16(13)29-19/h1-9,23H,10H2,(H,24,28)(H,26,27). The minimum Gasteiger partial charge on any atom is -0.361 e. The average Bonchev–Trinajstić information content (AvgIpc) is 3.27. The molecule has 0 radical (unpaired) electrons. The Morgan fingerprint density at radius 1 is 1.21 bits per heavy atom. The molecule has 4 rings (SSSR count). The second-order valence-electron chi connectivity index (χ2n) is 6.15. The van der Waals surface area contributed by atoms with Crippen molar-refractivity contribution in [1.82, 2.24) is 15.7 Å². The molecule has 4 aromatic rings. The van der Waals surface area contributed by atoms with Crippen LogP contribution in [0.4, 0.5) is 0 Å². The van der Waals surface area contributed by atoms with E-state index < -0.39 is 11.8 Å². The lowest BCUT2D eigenvalue weighted by atomic mass is 10.2. The number of carbonyl (C=O) groups excluding carboxylic acids is 2. The predicted molar refractivity (Wildman–Crippen MR) is 121 cm³/mol. The highest BCUT2D eigenvalue weighted by Crippen LogP contribution is 2.34. The van der Waals surface area contributed by atoms with E-state index in [2.05, 4.69) is 36.8 Å². The minimum absolute atomic E-state index is 0.208. The summed E-state index contributed by atoms with van der Waals surface area (Å²) >= 11 is 11.0. The number of nitrogens with zero attached hydrogens (tertiary/aromatic N) is 1. The van der Waals surface area contributed by atoms with Gasteiger partial charge in [0, 0.05) is 37.2 Å². The van der Waals surface area contributed by atoms with Gasteiger partial charge in [-0.15, -0.1) is 11.3 Å². The number of nitrogens with one attached hydrogen (secondary N) is 3. The molecule has 3 N–H and O–H groups in total. The monoisotopic (exact) mass is 488 g/mol. The molecule has 2 aromatic carbocycles. The average molecular weight is 490 g/mol. The molecule has 2 aromatic heterocycles. The third kappa shape index (κ3) is 4.19. The number of hydrazone groups is 1. The third-order valence-electron chi connectivity index (χ3n) is 4.22. The first-order chi connectivity index (χ1) is 14.0. The van der Waals surface area contributed by atoms with Gasteiger partial charge in [0.05, 0.1) is 17.8 Å². The largest absolute Gasteiger partial charge is 0.361 e. The summed E-state index contributed by atoms with van der Waals surface area (Å²) < 4.78 is 1.87. The van der Waals surface area contributed by atoms with Crippen LogP contribution in [0.3, 0.4) is 0 Å². The molecule has 2 heterocycles. The second kappa shape index (κ2) is 8.36. The summed E-state index contributed by atoms with van der Waals surface area (Å²) in [7, 11) is 0. The van der Waals surface area contributed by atoms with Gasteiger partial charge in [-0.2, -0.15) is 5.10 Å². The summed E-state index contributed by atoms with van der Waals surface area (Å²) in [4.78, 5) is 27.9. The summed E-state index contributed by atoms with van der Waals surface area (Å²) in [6.45, 7) is -0.208. The molecule has 0 aliphatic heterocycles. The molecule has 0 unspecified atom stereocenters. The molecule has 9 heteroatoms. The van der Waals surface area contributed by atoms with Crippen LogP contribution >= 0.6 is 38.9 Å². The van der Waals surface area contributed by atoms with Gasteiger partial charge in [-0.3, -0.25) is 9.59 Å². The molecule has 0 bridgehead atoms. The van der Waals surface area contributed by atoms with Crippen LogP contribution < -0.4 is 10.7 Å². The number of fused-ring (bicyclic) bond motifs is 2. The molecule has 6 nitrogen and oxygen atoms in total. The van der Waals surface area contributed by atoms with E-state index in [-0.39, 0.29) is 6.54 Å². The number of aromatic amines is 1. The van der Waals surface area contributed by atoms with Crippen LogP contribution in [-0.4, -0.2) is 29.6 Å². The Bertz CT molecular complexity index is 1260. The van der Waals surface area contributed by atoms with Gasteiger partial charge in [0.15, 0.2) is 0 Å². The Labute approximate surface area is 183 Å². The van der Waals surface area contributed by atoms with Crippen molar-refractivity contribution in [2.24, 2.45) is 5.10 Å². The SMILES string of the molecule is O=C(CNC(=O)c1sc2ccccc2c1Cl)NN=Cc1c[nH]c2ccc(Br)cc12. The zero-order chi connectivity index (χ0) is 20.4. The van der Waals surface area contributed by atoms with Gasteiger partial charge in [-0.25, -0.2) is 5.43 Å². The molecule has 0 saturated carbocycles. The highest BCUT2D eigenvalue weighted by Gasteiger charge is 2.17. The van der Waals surface area contributed by atoms with E-state index >= 15 is 0 Å². The molecule has 2 amide bonds. The fraction of sp³-hybridized carbons (Fsp3) is 0.0500. The van der Waals surface area contributed by atoms with Crippen LogP contribution in [0, 0.1) is 0 Å². The molecule has 0 atom stereocenters. The van der Waals surface area contributed by atoms with E-state index in [1.165, 1.54) is 11.3 Å². The fourth-order valence-corrected chi connectivity index (χ4v) is 4.63. The highest BCUT2D eigenvalue weighted by atomic mass is 79.9. The van der Waals surface area contributed by atoms with E-state index in [0.29, 0.717) is 9.90 Å². The number of thiophene rings is 1. The van der Waals surface area contributed by atoms with E-state index in [4.69, 9.17) is 11.6 Å². The molecule has 29 heavy (non-hydrogen) atoms. The predicted octanol–water partition coefficient (Wildman–Crippen LogP) is 4.68. The minimum atomic E-state index is -0.437. The molecular formula is C20H14BrClN4O2S. The Balaban J connectivity index is 1.36. The van der Waals surface area contributed by atoms with Crippen molar-refractivity contribution in [3.8, 4) is 0 Å². The van der Waals surface area contributed by atoms with Crippen LogP contribution in [0.5, 0.6) is 0 Å². The summed E-state index contributed by atoms with van der Waals surface area (Å²) in [5, 5.41) is 8.73. The first-order valence-electron chi connectivity index (χ1n) is 8.56. The van der Waals surface area contributed by atoms with Crippen LogP contribution in [0.1, 0.15) is 15.2 Å². The molecule has 146 valence electrons. The maximum absolute atomic E-state index is 12.4. The lowest BCUT2D eigenvalue weighted by molar-refractivity contribution is -0.120. The van der Waals surface area contributed by atoms with Gasteiger partial charge in [-0.1, -0.05) is 45.7 Å². The van der Waals surface area contributed by atoms with Gasteiger partial charge in [0.1, 0.15) is 4.88 Å². The van der Waals surface area contributed by atoms with Gasteiger partial charge in [-0.05, 0) is 24.3 Å². The number of H-pyrrole nitrogens is 1. The first-order valence-corrected chi connectivity index (χ1v) is 10.6. The maximum Gasteiger partial charge on any atom is 0.263 e. The van der Waals surface area contributed by atoms with Crippen molar-refractivity contribution < 1.29 is 9.59 Å². The second-order valence-corrected chi connectivity index (χ2v) is 8.50. The van der Waals surface area contributed by atoms with Crippen LogP contribution in [0.15, 0.2) is 58.2 Å². The van der Waals surface area contributed by atoms with Crippen molar-refractivity contribution in [2.45, 2.75) is 0 Å². The summed E-state index contributed by atoms with van der Waals surface area (Å²) in [5.41, 5.74) is 4.21. The Hall–Kier alpha value is -2.68.